The molecule has 0 saturated heterocycles. The molecule has 1 amide bonds. The van der Waals surface area contributed by atoms with Gasteiger partial charge in [0.2, 0.25) is 5.91 Å². The second kappa shape index (κ2) is 5.27. The summed E-state index contributed by atoms with van der Waals surface area (Å²) < 4.78 is 0. The second-order valence-electron chi connectivity index (χ2n) is 4.85. The van der Waals surface area contributed by atoms with Crippen LogP contribution in [0.15, 0.2) is 18.2 Å². The summed E-state index contributed by atoms with van der Waals surface area (Å²) in [6.45, 7) is 5.96. The molecule has 4 N–H and O–H groups in total. The van der Waals surface area contributed by atoms with Crippen LogP contribution in [0.1, 0.15) is 20.8 Å². The molecule has 1 rings (SSSR count). The maximum atomic E-state index is 11.6. The van der Waals surface area contributed by atoms with E-state index in [0.717, 1.165) is 0 Å². The summed E-state index contributed by atoms with van der Waals surface area (Å²) in [7, 11) is 0. The molecule has 0 heterocycles. The lowest BCUT2D eigenvalue weighted by molar-refractivity contribution is -0.120. The highest BCUT2D eigenvalue weighted by molar-refractivity contribution is 6.33. The molecule has 0 aliphatic carbocycles. The van der Waals surface area contributed by atoms with Gasteiger partial charge in [0.25, 0.3) is 0 Å². The number of nitrogen functional groups attached to an aromatic ring is 1. The molecule has 94 valence electrons. The van der Waals surface area contributed by atoms with Gasteiger partial charge in [-0.3, -0.25) is 4.79 Å². The first-order valence-corrected chi connectivity index (χ1v) is 5.76. The molecule has 0 aliphatic heterocycles. The minimum Gasteiger partial charge on any atom is -0.396 e. The van der Waals surface area contributed by atoms with E-state index < -0.39 is 0 Å². The first-order valence-electron chi connectivity index (χ1n) is 5.38. The fourth-order valence-electron chi connectivity index (χ4n) is 1.33. The van der Waals surface area contributed by atoms with Crippen LogP contribution in [-0.2, 0) is 4.79 Å². The quantitative estimate of drug-likeness (QED) is 0.726. The largest absolute Gasteiger partial charge is 0.396 e. The van der Waals surface area contributed by atoms with E-state index in [-0.39, 0.29) is 18.0 Å². The van der Waals surface area contributed by atoms with Gasteiger partial charge in [0.05, 0.1) is 22.9 Å². The summed E-state index contributed by atoms with van der Waals surface area (Å²) in [4.78, 5) is 11.6. The molecule has 5 heteroatoms. The van der Waals surface area contributed by atoms with Gasteiger partial charge in [-0.2, -0.15) is 0 Å². The van der Waals surface area contributed by atoms with E-state index in [1.807, 2.05) is 20.8 Å². The van der Waals surface area contributed by atoms with Crippen molar-refractivity contribution >= 4 is 28.9 Å². The monoisotopic (exact) mass is 255 g/mol. The molecule has 0 unspecified atom stereocenters. The number of benzene rings is 1. The van der Waals surface area contributed by atoms with E-state index in [1.165, 1.54) is 0 Å². The zero-order valence-electron chi connectivity index (χ0n) is 10.3. The third-order valence-electron chi connectivity index (χ3n) is 2.01. The average Bonchev–Trinajstić information content (AvgIpc) is 2.18. The van der Waals surface area contributed by atoms with Gasteiger partial charge in [0.1, 0.15) is 0 Å². The SMILES string of the molecule is CC(C)(C)NC(=O)CNc1cccc(Cl)c1N. The number of anilines is 2. The molecule has 0 aromatic heterocycles. The summed E-state index contributed by atoms with van der Waals surface area (Å²) in [6.07, 6.45) is 0. The Kier molecular flexibility index (Phi) is 4.23. The van der Waals surface area contributed by atoms with E-state index >= 15 is 0 Å². The molecule has 1 aromatic rings. The van der Waals surface area contributed by atoms with Crippen LogP contribution in [0.2, 0.25) is 5.02 Å². The molecule has 0 fully saturated rings. The Morgan fingerprint density at radius 1 is 1.41 bits per heavy atom. The standard InChI is InChI=1S/C12H18ClN3O/c1-12(2,3)16-10(17)7-15-9-6-4-5-8(13)11(9)14/h4-6,15H,7,14H2,1-3H3,(H,16,17). The van der Waals surface area contributed by atoms with Crippen LogP contribution in [-0.4, -0.2) is 18.0 Å². The highest BCUT2D eigenvalue weighted by atomic mass is 35.5. The predicted molar refractivity (Wildman–Crippen MR) is 72.2 cm³/mol. The maximum absolute atomic E-state index is 11.6. The van der Waals surface area contributed by atoms with Gasteiger partial charge in [-0.1, -0.05) is 17.7 Å². The molecule has 0 radical (unpaired) electrons. The first kappa shape index (κ1) is 13.6. The van der Waals surface area contributed by atoms with E-state index in [4.69, 9.17) is 17.3 Å². The normalized spacial score (nSPS) is 11.1. The number of amides is 1. The van der Waals surface area contributed by atoms with Crippen LogP contribution in [0.5, 0.6) is 0 Å². The summed E-state index contributed by atoms with van der Waals surface area (Å²) in [5.74, 6) is -0.0862. The summed E-state index contributed by atoms with van der Waals surface area (Å²) >= 11 is 5.87. The number of hydrogen-bond donors (Lipinski definition) is 3. The molecule has 0 aliphatic rings. The van der Waals surface area contributed by atoms with Crippen LogP contribution < -0.4 is 16.4 Å². The molecule has 0 bridgehead atoms. The van der Waals surface area contributed by atoms with Crippen LogP contribution >= 0.6 is 11.6 Å². The zero-order chi connectivity index (χ0) is 13.1. The number of carbonyl (C=O) groups is 1. The van der Waals surface area contributed by atoms with Crippen molar-refractivity contribution in [1.29, 1.82) is 0 Å². The lowest BCUT2D eigenvalue weighted by Gasteiger charge is -2.21. The van der Waals surface area contributed by atoms with Crippen molar-refractivity contribution in [2.75, 3.05) is 17.6 Å². The van der Waals surface area contributed by atoms with Gasteiger partial charge < -0.3 is 16.4 Å². The number of para-hydroxylation sites is 1. The Labute approximate surface area is 107 Å². The first-order chi connectivity index (χ1) is 7.79. The maximum Gasteiger partial charge on any atom is 0.239 e. The highest BCUT2D eigenvalue weighted by Gasteiger charge is 2.13. The van der Waals surface area contributed by atoms with Crippen molar-refractivity contribution in [3.63, 3.8) is 0 Å². The van der Waals surface area contributed by atoms with E-state index in [0.29, 0.717) is 16.4 Å². The molecule has 1 aromatic carbocycles. The van der Waals surface area contributed by atoms with Crippen molar-refractivity contribution in [2.45, 2.75) is 26.3 Å². The van der Waals surface area contributed by atoms with Gasteiger partial charge in [-0.25, -0.2) is 0 Å². The molecule has 17 heavy (non-hydrogen) atoms. The van der Waals surface area contributed by atoms with Gasteiger partial charge in [0.15, 0.2) is 0 Å². The Bertz CT molecular complexity index is 413. The topological polar surface area (TPSA) is 67.2 Å². The number of hydrogen-bond acceptors (Lipinski definition) is 3. The second-order valence-corrected chi connectivity index (χ2v) is 5.26. The number of rotatable bonds is 3. The van der Waals surface area contributed by atoms with Gasteiger partial charge in [0, 0.05) is 5.54 Å². The van der Waals surface area contributed by atoms with Crippen molar-refractivity contribution in [1.82, 2.24) is 5.32 Å². The number of carbonyl (C=O) groups excluding carboxylic acids is 1. The Morgan fingerprint density at radius 3 is 2.65 bits per heavy atom. The highest BCUT2D eigenvalue weighted by Crippen LogP contribution is 2.26. The Morgan fingerprint density at radius 2 is 2.06 bits per heavy atom. The molecular formula is C12H18ClN3O. The van der Waals surface area contributed by atoms with Crippen molar-refractivity contribution in [3.05, 3.63) is 23.2 Å². The summed E-state index contributed by atoms with van der Waals surface area (Å²) in [5.41, 5.74) is 6.66. The van der Waals surface area contributed by atoms with Crippen LogP contribution in [0.4, 0.5) is 11.4 Å². The van der Waals surface area contributed by atoms with Gasteiger partial charge >= 0.3 is 0 Å². The fourth-order valence-corrected chi connectivity index (χ4v) is 1.50. The minimum atomic E-state index is -0.237. The van der Waals surface area contributed by atoms with Gasteiger partial charge in [-0.05, 0) is 32.9 Å². The van der Waals surface area contributed by atoms with E-state index in [1.54, 1.807) is 18.2 Å². The fraction of sp³-hybridized carbons (Fsp3) is 0.417. The third-order valence-corrected chi connectivity index (χ3v) is 2.34. The number of nitrogens with two attached hydrogens (primary N) is 1. The summed E-state index contributed by atoms with van der Waals surface area (Å²) in [6, 6.07) is 5.27. The number of halogens is 1. The smallest absolute Gasteiger partial charge is 0.239 e. The molecular weight excluding hydrogens is 238 g/mol. The van der Waals surface area contributed by atoms with E-state index in [9.17, 15) is 4.79 Å². The van der Waals surface area contributed by atoms with Crippen LogP contribution in [0, 0.1) is 0 Å². The van der Waals surface area contributed by atoms with E-state index in [2.05, 4.69) is 10.6 Å². The molecule has 4 nitrogen and oxygen atoms in total. The van der Waals surface area contributed by atoms with Crippen molar-refractivity contribution < 1.29 is 4.79 Å². The molecule has 0 spiro atoms. The van der Waals surface area contributed by atoms with Crippen molar-refractivity contribution in [3.8, 4) is 0 Å². The third kappa shape index (κ3) is 4.53. The molecule has 0 saturated carbocycles. The minimum absolute atomic E-state index is 0.0862. The summed E-state index contributed by atoms with van der Waals surface area (Å²) in [5, 5.41) is 6.28. The lowest BCUT2D eigenvalue weighted by Crippen LogP contribution is -2.43. The van der Waals surface area contributed by atoms with Crippen molar-refractivity contribution in [2.24, 2.45) is 0 Å². The lowest BCUT2D eigenvalue weighted by atomic mass is 10.1. The van der Waals surface area contributed by atoms with Crippen LogP contribution in [0.25, 0.3) is 0 Å². The molecule has 0 atom stereocenters. The Balaban J connectivity index is 2.56. The predicted octanol–water partition coefficient (Wildman–Crippen LogP) is 2.25. The number of nitrogens with one attached hydrogen (secondary N) is 2. The van der Waals surface area contributed by atoms with Gasteiger partial charge in [-0.15, -0.1) is 0 Å². The Hall–Kier alpha value is -1.42. The van der Waals surface area contributed by atoms with Crippen LogP contribution in [0.3, 0.4) is 0 Å². The average molecular weight is 256 g/mol. The zero-order valence-corrected chi connectivity index (χ0v) is 11.1.